The van der Waals surface area contributed by atoms with Gasteiger partial charge in [-0.2, -0.15) is 0 Å². The molecule has 1 fully saturated rings. The smallest absolute Gasteiger partial charge is 0.213 e. The number of aryl methyl sites for hydroxylation is 1. The highest BCUT2D eigenvalue weighted by molar-refractivity contribution is 7.89. The summed E-state index contributed by atoms with van der Waals surface area (Å²) in [6, 6.07) is 8.20. The van der Waals surface area contributed by atoms with Gasteiger partial charge < -0.3 is 5.32 Å². The molecular weight excluding hydrogens is 272 g/mol. The van der Waals surface area contributed by atoms with E-state index in [0.717, 1.165) is 32.2 Å². The second-order valence-electron chi connectivity index (χ2n) is 5.50. The Bertz CT molecular complexity index is 522. The Morgan fingerprint density at radius 3 is 2.80 bits per heavy atom. The number of hydrogen-bond donors (Lipinski definition) is 2. The molecule has 0 aliphatic carbocycles. The Labute approximate surface area is 122 Å². The van der Waals surface area contributed by atoms with Crippen molar-refractivity contribution in [2.75, 3.05) is 18.8 Å². The fourth-order valence-electron chi connectivity index (χ4n) is 2.62. The van der Waals surface area contributed by atoms with E-state index in [1.807, 2.05) is 18.2 Å². The average molecular weight is 296 g/mol. The quantitative estimate of drug-likeness (QED) is 0.838. The molecule has 5 heteroatoms. The van der Waals surface area contributed by atoms with Gasteiger partial charge in [0, 0.05) is 12.6 Å². The molecule has 0 saturated carbocycles. The molecular formula is C15H24N2O2S. The predicted molar refractivity (Wildman–Crippen MR) is 82.3 cm³/mol. The standard InChI is InChI=1S/C15H24N2O2S/c1-13-6-2-3-7-14(13)9-11-17-20(18,19)12-15-8-4-5-10-16-15/h2-3,6-7,15-17H,4-5,8-12H2,1H3. The van der Waals surface area contributed by atoms with Crippen LogP contribution in [0, 0.1) is 6.92 Å². The summed E-state index contributed by atoms with van der Waals surface area (Å²) in [5, 5.41) is 3.27. The lowest BCUT2D eigenvalue weighted by Gasteiger charge is -2.23. The Morgan fingerprint density at radius 1 is 1.30 bits per heavy atom. The molecule has 112 valence electrons. The number of rotatable bonds is 6. The Balaban J connectivity index is 1.79. The molecule has 1 aliphatic rings. The minimum Gasteiger partial charge on any atom is -0.313 e. The van der Waals surface area contributed by atoms with Crippen molar-refractivity contribution in [3.63, 3.8) is 0 Å². The number of sulfonamides is 1. The fourth-order valence-corrected chi connectivity index (χ4v) is 3.97. The van der Waals surface area contributed by atoms with E-state index in [4.69, 9.17) is 0 Å². The van der Waals surface area contributed by atoms with Gasteiger partial charge in [-0.1, -0.05) is 30.7 Å². The maximum atomic E-state index is 12.0. The number of hydrogen-bond acceptors (Lipinski definition) is 3. The third kappa shape index (κ3) is 4.89. The van der Waals surface area contributed by atoms with Crippen LogP contribution in [-0.2, 0) is 16.4 Å². The molecule has 1 unspecified atom stereocenters. The van der Waals surface area contributed by atoms with Crippen molar-refractivity contribution in [3.8, 4) is 0 Å². The summed E-state index contributed by atoms with van der Waals surface area (Å²) in [5.74, 6) is 0.195. The molecule has 1 aliphatic heterocycles. The zero-order chi connectivity index (χ0) is 14.4. The Kier molecular flexibility index (Phi) is 5.57. The lowest BCUT2D eigenvalue weighted by atomic mass is 10.1. The fraction of sp³-hybridized carbons (Fsp3) is 0.600. The van der Waals surface area contributed by atoms with Crippen LogP contribution in [0.4, 0.5) is 0 Å². The largest absolute Gasteiger partial charge is 0.313 e. The first-order valence-corrected chi connectivity index (χ1v) is 8.97. The van der Waals surface area contributed by atoms with Gasteiger partial charge in [0.1, 0.15) is 0 Å². The molecule has 1 aromatic rings. The number of piperidine rings is 1. The molecule has 0 aromatic heterocycles. The van der Waals surface area contributed by atoms with E-state index in [1.54, 1.807) is 0 Å². The Morgan fingerprint density at radius 2 is 2.10 bits per heavy atom. The summed E-state index contributed by atoms with van der Waals surface area (Å²) in [4.78, 5) is 0. The maximum Gasteiger partial charge on any atom is 0.213 e. The topological polar surface area (TPSA) is 58.2 Å². The summed E-state index contributed by atoms with van der Waals surface area (Å²) in [5.41, 5.74) is 2.41. The predicted octanol–water partition coefficient (Wildman–Crippen LogP) is 1.60. The van der Waals surface area contributed by atoms with E-state index in [9.17, 15) is 8.42 Å². The minimum absolute atomic E-state index is 0.111. The zero-order valence-corrected chi connectivity index (χ0v) is 12.9. The monoisotopic (exact) mass is 296 g/mol. The van der Waals surface area contributed by atoms with Gasteiger partial charge >= 0.3 is 0 Å². The average Bonchev–Trinajstić information content (AvgIpc) is 2.41. The zero-order valence-electron chi connectivity index (χ0n) is 12.1. The molecule has 0 bridgehead atoms. The normalized spacial score (nSPS) is 19.9. The van der Waals surface area contributed by atoms with Gasteiger partial charge in [-0.25, -0.2) is 13.1 Å². The summed E-state index contributed by atoms with van der Waals surface area (Å²) >= 11 is 0. The van der Waals surface area contributed by atoms with Gasteiger partial charge in [0.2, 0.25) is 10.0 Å². The SMILES string of the molecule is Cc1ccccc1CCNS(=O)(=O)CC1CCCCN1. The van der Waals surface area contributed by atoms with Crippen LogP contribution in [0.15, 0.2) is 24.3 Å². The van der Waals surface area contributed by atoms with Crippen LogP contribution in [0.25, 0.3) is 0 Å². The van der Waals surface area contributed by atoms with E-state index in [0.29, 0.717) is 6.54 Å². The second kappa shape index (κ2) is 7.20. The van der Waals surface area contributed by atoms with Gasteiger partial charge in [-0.3, -0.25) is 0 Å². The first kappa shape index (κ1) is 15.5. The summed E-state index contributed by atoms with van der Waals surface area (Å²) in [7, 11) is -3.18. The van der Waals surface area contributed by atoms with Crippen LogP contribution < -0.4 is 10.0 Å². The number of nitrogens with one attached hydrogen (secondary N) is 2. The van der Waals surface area contributed by atoms with E-state index in [1.165, 1.54) is 11.1 Å². The summed E-state index contributed by atoms with van der Waals surface area (Å²) in [6.45, 7) is 3.46. The van der Waals surface area contributed by atoms with Crippen molar-refractivity contribution in [1.82, 2.24) is 10.0 Å². The van der Waals surface area contributed by atoms with Crippen molar-refractivity contribution in [1.29, 1.82) is 0 Å². The molecule has 1 saturated heterocycles. The highest BCUT2D eigenvalue weighted by Crippen LogP contribution is 2.09. The molecule has 1 atom stereocenters. The van der Waals surface area contributed by atoms with Crippen LogP contribution in [0.3, 0.4) is 0 Å². The molecule has 1 heterocycles. The van der Waals surface area contributed by atoms with Gasteiger partial charge in [0.25, 0.3) is 0 Å². The molecule has 0 amide bonds. The lowest BCUT2D eigenvalue weighted by molar-refractivity contribution is 0.422. The summed E-state index contributed by atoms with van der Waals surface area (Å²) in [6.07, 6.45) is 3.97. The van der Waals surface area contributed by atoms with Gasteiger partial charge in [-0.15, -0.1) is 0 Å². The van der Waals surface area contributed by atoms with Crippen LogP contribution in [0.5, 0.6) is 0 Å². The van der Waals surface area contributed by atoms with E-state index in [-0.39, 0.29) is 11.8 Å². The second-order valence-corrected chi connectivity index (χ2v) is 7.35. The Hall–Kier alpha value is -0.910. The molecule has 1 aromatic carbocycles. The van der Waals surface area contributed by atoms with Crippen molar-refractivity contribution in [2.24, 2.45) is 0 Å². The van der Waals surface area contributed by atoms with E-state index < -0.39 is 10.0 Å². The molecule has 2 N–H and O–H groups in total. The van der Waals surface area contributed by atoms with Gasteiger partial charge in [-0.05, 0) is 43.9 Å². The van der Waals surface area contributed by atoms with Gasteiger partial charge in [0.15, 0.2) is 0 Å². The molecule has 0 radical (unpaired) electrons. The first-order valence-electron chi connectivity index (χ1n) is 7.32. The highest BCUT2D eigenvalue weighted by atomic mass is 32.2. The first-order chi connectivity index (χ1) is 9.57. The van der Waals surface area contributed by atoms with Crippen LogP contribution in [-0.4, -0.2) is 33.3 Å². The van der Waals surface area contributed by atoms with Crippen molar-refractivity contribution < 1.29 is 8.42 Å². The van der Waals surface area contributed by atoms with Crippen molar-refractivity contribution >= 4 is 10.0 Å². The van der Waals surface area contributed by atoms with Crippen LogP contribution >= 0.6 is 0 Å². The van der Waals surface area contributed by atoms with E-state index in [2.05, 4.69) is 23.0 Å². The highest BCUT2D eigenvalue weighted by Gasteiger charge is 2.20. The number of benzene rings is 1. The minimum atomic E-state index is -3.18. The van der Waals surface area contributed by atoms with Crippen LogP contribution in [0.1, 0.15) is 30.4 Å². The lowest BCUT2D eigenvalue weighted by Crippen LogP contribution is -2.43. The van der Waals surface area contributed by atoms with Gasteiger partial charge in [0.05, 0.1) is 5.75 Å². The third-order valence-corrected chi connectivity index (χ3v) is 5.30. The summed E-state index contributed by atoms with van der Waals surface area (Å²) < 4.78 is 26.8. The maximum absolute atomic E-state index is 12.0. The van der Waals surface area contributed by atoms with Crippen molar-refractivity contribution in [3.05, 3.63) is 35.4 Å². The van der Waals surface area contributed by atoms with E-state index >= 15 is 0 Å². The molecule has 4 nitrogen and oxygen atoms in total. The van der Waals surface area contributed by atoms with Crippen molar-refractivity contribution in [2.45, 2.75) is 38.6 Å². The molecule has 20 heavy (non-hydrogen) atoms. The van der Waals surface area contributed by atoms with Crippen LogP contribution in [0.2, 0.25) is 0 Å². The molecule has 0 spiro atoms. The molecule has 2 rings (SSSR count). The third-order valence-electron chi connectivity index (χ3n) is 3.81.